The lowest BCUT2D eigenvalue weighted by Crippen LogP contribution is -2.37. The molecule has 6 heteroatoms. The highest BCUT2D eigenvalue weighted by molar-refractivity contribution is 5.32. The molecule has 1 saturated heterocycles. The Labute approximate surface area is 123 Å². The molecule has 1 saturated carbocycles. The molecule has 0 radical (unpaired) electrons. The van der Waals surface area contributed by atoms with Crippen LogP contribution >= 0.6 is 0 Å². The SMILES string of the molecule is O=[N+]([O-])c1ccc(COC2CCC3(CC2)OCCO3)cc1. The smallest absolute Gasteiger partial charge is 0.269 e. The number of nitrogens with zero attached hydrogens (tertiary/aromatic N) is 1. The van der Waals surface area contributed by atoms with Gasteiger partial charge in [0.05, 0.1) is 30.8 Å². The molecule has 0 bridgehead atoms. The van der Waals surface area contributed by atoms with Crippen LogP contribution in [0.4, 0.5) is 5.69 Å². The third kappa shape index (κ3) is 3.40. The highest BCUT2D eigenvalue weighted by atomic mass is 16.7. The average molecular weight is 293 g/mol. The van der Waals surface area contributed by atoms with Crippen LogP contribution in [0, 0.1) is 10.1 Å². The van der Waals surface area contributed by atoms with Crippen LogP contribution in [-0.4, -0.2) is 30.0 Å². The van der Waals surface area contributed by atoms with Gasteiger partial charge in [0.25, 0.3) is 5.69 Å². The Balaban J connectivity index is 1.46. The maximum absolute atomic E-state index is 10.6. The van der Waals surface area contributed by atoms with E-state index in [4.69, 9.17) is 14.2 Å². The van der Waals surface area contributed by atoms with Gasteiger partial charge in [0.1, 0.15) is 0 Å². The minimum atomic E-state index is -0.396. The third-order valence-electron chi connectivity index (χ3n) is 4.14. The van der Waals surface area contributed by atoms with Crippen LogP contribution in [-0.2, 0) is 20.8 Å². The standard InChI is InChI=1S/C15H19NO5/c17-16(18)13-3-1-12(2-4-13)11-19-14-5-7-15(8-6-14)20-9-10-21-15/h1-4,14H,5-11H2. The normalized spacial score (nSPS) is 21.7. The Bertz CT molecular complexity index is 485. The van der Waals surface area contributed by atoms with Gasteiger partial charge < -0.3 is 14.2 Å². The van der Waals surface area contributed by atoms with Crippen molar-refractivity contribution >= 4 is 5.69 Å². The molecule has 1 aromatic rings. The first-order valence-electron chi connectivity index (χ1n) is 7.30. The van der Waals surface area contributed by atoms with E-state index >= 15 is 0 Å². The van der Waals surface area contributed by atoms with Crippen LogP contribution in [0.25, 0.3) is 0 Å². The summed E-state index contributed by atoms with van der Waals surface area (Å²) in [6.45, 7) is 1.86. The van der Waals surface area contributed by atoms with Crippen molar-refractivity contribution < 1.29 is 19.1 Å². The number of ether oxygens (including phenoxy) is 3. The maximum atomic E-state index is 10.6. The molecule has 2 aliphatic rings. The fraction of sp³-hybridized carbons (Fsp3) is 0.600. The first kappa shape index (κ1) is 14.4. The van der Waals surface area contributed by atoms with Crippen LogP contribution < -0.4 is 0 Å². The molecule has 1 spiro atoms. The summed E-state index contributed by atoms with van der Waals surface area (Å²) >= 11 is 0. The molecule has 0 unspecified atom stereocenters. The molecule has 0 N–H and O–H groups in total. The molecule has 1 aliphatic heterocycles. The Morgan fingerprint density at radius 2 is 1.81 bits per heavy atom. The van der Waals surface area contributed by atoms with Gasteiger partial charge in [-0.3, -0.25) is 10.1 Å². The van der Waals surface area contributed by atoms with Crippen LogP contribution in [0.15, 0.2) is 24.3 Å². The van der Waals surface area contributed by atoms with Gasteiger partial charge in [-0.05, 0) is 30.5 Å². The molecule has 1 aromatic carbocycles. The molecule has 1 heterocycles. The van der Waals surface area contributed by atoms with Gasteiger partial charge in [0.15, 0.2) is 5.79 Å². The molecule has 6 nitrogen and oxygen atoms in total. The summed E-state index contributed by atoms with van der Waals surface area (Å²) in [4.78, 5) is 10.2. The summed E-state index contributed by atoms with van der Waals surface area (Å²) in [6.07, 6.45) is 3.80. The van der Waals surface area contributed by atoms with E-state index in [-0.39, 0.29) is 17.6 Å². The average Bonchev–Trinajstić information content (AvgIpc) is 2.95. The molecule has 2 fully saturated rings. The monoisotopic (exact) mass is 293 g/mol. The number of benzene rings is 1. The first-order chi connectivity index (χ1) is 10.2. The van der Waals surface area contributed by atoms with E-state index < -0.39 is 4.92 Å². The predicted octanol–water partition coefficient (Wildman–Crippen LogP) is 2.80. The minimum Gasteiger partial charge on any atom is -0.374 e. The highest BCUT2D eigenvalue weighted by Gasteiger charge is 2.40. The van der Waals surface area contributed by atoms with Crippen molar-refractivity contribution in [3.05, 3.63) is 39.9 Å². The van der Waals surface area contributed by atoms with Crippen LogP contribution in [0.3, 0.4) is 0 Å². The Morgan fingerprint density at radius 3 is 2.38 bits per heavy atom. The summed E-state index contributed by atoms with van der Waals surface area (Å²) < 4.78 is 17.3. The number of non-ortho nitro benzene ring substituents is 1. The second kappa shape index (κ2) is 6.09. The molecule has 1 aliphatic carbocycles. The number of nitro groups is 1. The summed E-state index contributed by atoms with van der Waals surface area (Å²) in [7, 11) is 0. The van der Waals surface area contributed by atoms with Gasteiger partial charge >= 0.3 is 0 Å². The van der Waals surface area contributed by atoms with Crippen LogP contribution in [0.1, 0.15) is 31.2 Å². The fourth-order valence-corrected chi connectivity index (χ4v) is 2.91. The second-order valence-corrected chi connectivity index (χ2v) is 5.54. The zero-order valence-electron chi connectivity index (χ0n) is 11.8. The molecule has 114 valence electrons. The van der Waals surface area contributed by atoms with Crippen molar-refractivity contribution in [2.75, 3.05) is 13.2 Å². The molecular weight excluding hydrogens is 274 g/mol. The Kier molecular flexibility index (Phi) is 4.19. The lowest BCUT2D eigenvalue weighted by atomic mass is 9.92. The number of hydrogen-bond donors (Lipinski definition) is 0. The largest absolute Gasteiger partial charge is 0.374 e. The molecule has 3 rings (SSSR count). The Hall–Kier alpha value is -1.50. The minimum absolute atomic E-state index is 0.105. The molecule has 0 atom stereocenters. The van der Waals surface area contributed by atoms with Gasteiger partial charge in [0.2, 0.25) is 0 Å². The van der Waals surface area contributed by atoms with E-state index in [1.54, 1.807) is 12.1 Å². The second-order valence-electron chi connectivity index (χ2n) is 5.54. The lowest BCUT2D eigenvalue weighted by Gasteiger charge is -2.35. The van der Waals surface area contributed by atoms with E-state index in [1.807, 2.05) is 0 Å². The Morgan fingerprint density at radius 1 is 1.19 bits per heavy atom. The zero-order chi connectivity index (χ0) is 14.7. The van der Waals surface area contributed by atoms with Gasteiger partial charge in [-0.1, -0.05) is 0 Å². The fourth-order valence-electron chi connectivity index (χ4n) is 2.91. The summed E-state index contributed by atoms with van der Waals surface area (Å²) in [6, 6.07) is 6.50. The zero-order valence-corrected chi connectivity index (χ0v) is 11.8. The van der Waals surface area contributed by atoms with E-state index in [0.29, 0.717) is 19.8 Å². The van der Waals surface area contributed by atoms with Crippen molar-refractivity contribution in [3.8, 4) is 0 Å². The number of rotatable bonds is 4. The third-order valence-corrected chi connectivity index (χ3v) is 4.14. The van der Waals surface area contributed by atoms with Crippen molar-refractivity contribution in [2.24, 2.45) is 0 Å². The predicted molar refractivity (Wildman–Crippen MR) is 74.8 cm³/mol. The molecule has 0 aromatic heterocycles. The number of nitro benzene ring substituents is 1. The van der Waals surface area contributed by atoms with Crippen molar-refractivity contribution in [2.45, 2.75) is 44.2 Å². The van der Waals surface area contributed by atoms with Gasteiger partial charge in [-0.15, -0.1) is 0 Å². The quantitative estimate of drug-likeness (QED) is 0.630. The number of hydrogen-bond acceptors (Lipinski definition) is 5. The van der Waals surface area contributed by atoms with Crippen molar-refractivity contribution in [3.63, 3.8) is 0 Å². The first-order valence-corrected chi connectivity index (χ1v) is 7.30. The van der Waals surface area contributed by atoms with Crippen LogP contribution in [0.5, 0.6) is 0 Å². The van der Waals surface area contributed by atoms with Crippen molar-refractivity contribution in [1.82, 2.24) is 0 Å². The lowest BCUT2D eigenvalue weighted by molar-refractivity contribution is -0.384. The van der Waals surface area contributed by atoms with Gasteiger partial charge in [-0.25, -0.2) is 0 Å². The topological polar surface area (TPSA) is 70.8 Å². The van der Waals surface area contributed by atoms with Gasteiger partial charge in [-0.2, -0.15) is 0 Å². The van der Waals surface area contributed by atoms with E-state index in [0.717, 1.165) is 31.2 Å². The molecule has 21 heavy (non-hydrogen) atoms. The van der Waals surface area contributed by atoms with Gasteiger partial charge in [0, 0.05) is 25.0 Å². The highest BCUT2D eigenvalue weighted by Crippen LogP contribution is 2.36. The molecule has 0 amide bonds. The summed E-state index contributed by atoms with van der Waals surface area (Å²) in [5, 5.41) is 10.6. The van der Waals surface area contributed by atoms with Crippen LogP contribution in [0.2, 0.25) is 0 Å². The van der Waals surface area contributed by atoms with Crippen molar-refractivity contribution in [1.29, 1.82) is 0 Å². The maximum Gasteiger partial charge on any atom is 0.269 e. The summed E-state index contributed by atoms with van der Waals surface area (Å²) in [5.41, 5.74) is 1.06. The van der Waals surface area contributed by atoms with E-state index in [9.17, 15) is 10.1 Å². The summed E-state index contributed by atoms with van der Waals surface area (Å²) in [5.74, 6) is -0.354. The van der Waals surface area contributed by atoms with E-state index in [2.05, 4.69) is 0 Å². The molecular formula is C15H19NO5. The van der Waals surface area contributed by atoms with E-state index in [1.165, 1.54) is 12.1 Å².